The quantitative estimate of drug-likeness (QED) is 0.655. The number of benzene rings is 1. The third kappa shape index (κ3) is 3.93. The van der Waals surface area contributed by atoms with Crippen molar-refractivity contribution in [2.45, 2.75) is 25.8 Å². The van der Waals surface area contributed by atoms with Crippen LogP contribution in [0.2, 0.25) is 0 Å². The summed E-state index contributed by atoms with van der Waals surface area (Å²) < 4.78 is 12.9. The van der Waals surface area contributed by atoms with Crippen LogP contribution in [0.5, 0.6) is 11.5 Å². The van der Waals surface area contributed by atoms with Gasteiger partial charge in [0.1, 0.15) is 12.4 Å². The van der Waals surface area contributed by atoms with E-state index in [0.29, 0.717) is 17.2 Å². The number of rotatable bonds is 6. The lowest BCUT2D eigenvalue weighted by Gasteiger charge is -2.27. The van der Waals surface area contributed by atoms with Gasteiger partial charge in [-0.3, -0.25) is 4.79 Å². The van der Waals surface area contributed by atoms with Gasteiger partial charge in [0, 0.05) is 31.0 Å². The van der Waals surface area contributed by atoms with Crippen molar-refractivity contribution >= 4 is 23.2 Å². The number of methoxy groups -OCH3 is 2. The number of hydrogen-bond donors (Lipinski definition) is 1. The number of carbonyl (C=O) groups excluding carboxylic acids is 1. The first kappa shape index (κ1) is 19.7. The number of ether oxygens (including phenoxy) is 2. The highest BCUT2D eigenvalue weighted by Crippen LogP contribution is 2.29. The van der Waals surface area contributed by atoms with E-state index in [-0.39, 0.29) is 18.2 Å². The summed E-state index contributed by atoms with van der Waals surface area (Å²) in [5, 5.41) is 6.97. The summed E-state index contributed by atoms with van der Waals surface area (Å²) in [4.78, 5) is 31.7. The van der Waals surface area contributed by atoms with Crippen molar-refractivity contribution in [3.63, 3.8) is 0 Å². The standard InChI is InChI=1S/C20H24N6O4/c1-29-15-7-6-14(12-16(15)30-2)21-18(27)13-26-20(28)25-11-8-17(22-19(25)23-26)24-9-4-3-5-10-24/h6-8,11-12H,3-5,9-10,13H2,1-2H3,(H,21,27). The van der Waals surface area contributed by atoms with Gasteiger partial charge in [0.05, 0.1) is 14.2 Å². The highest BCUT2D eigenvalue weighted by molar-refractivity contribution is 5.90. The largest absolute Gasteiger partial charge is 0.493 e. The molecule has 0 spiro atoms. The van der Waals surface area contributed by atoms with Crippen LogP contribution < -0.4 is 25.4 Å². The maximum absolute atomic E-state index is 12.6. The van der Waals surface area contributed by atoms with Crippen molar-refractivity contribution in [1.29, 1.82) is 0 Å². The van der Waals surface area contributed by atoms with Gasteiger partial charge in [-0.15, -0.1) is 5.10 Å². The number of nitrogens with one attached hydrogen (secondary N) is 1. The minimum absolute atomic E-state index is 0.227. The molecule has 0 radical (unpaired) electrons. The Morgan fingerprint density at radius 2 is 1.87 bits per heavy atom. The third-order valence-electron chi connectivity index (χ3n) is 5.08. The van der Waals surface area contributed by atoms with E-state index in [1.54, 1.807) is 24.4 Å². The van der Waals surface area contributed by atoms with Gasteiger partial charge in [0.15, 0.2) is 11.5 Å². The number of nitrogens with zero attached hydrogens (tertiary/aromatic N) is 5. The maximum atomic E-state index is 12.6. The molecule has 3 heterocycles. The van der Waals surface area contributed by atoms with Crippen LogP contribution in [0, 0.1) is 0 Å². The molecular formula is C20H24N6O4. The van der Waals surface area contributed by atoms with Gasteiger partial charge in [-0.2, -0.15) is 4.98 Å². The van der Waals surface area contributed by atoms with Gasteiger partial charge in [-0.1, -0.05) is 0 Å². The zero-order valence-corrected chi connectivity index (χ0v) is 17.0. The number of carbonyl (C=O) groups is 1. The molecular weight excluding hydrogens is 388 g/mol. The average molecular weight is 412 g/mol. The fourth-order valence-electron chi connectivity index (χ4n) is 3.55. The summed E-state index contributed by atoms with van der Waals surface area (Å²) >= 11 is 0. The van der Waals surface area contributed by atoms with E-state index >= 15 is 0 Å². The van der Waals surface area contributed by atoms with Crippen LogP contribution in [0.3, 0.4) is 0 Å². The summed E-state index contributed by atoms with van der Waals surface area (Å²) in [6, 6.07) is 6.85. The second kappa shape index (κ2) is 8.44. The predicted octanol–water partition coefficient (Wildman–Crippen LogP) is 1.54. The van der Waals surface area contributed by atoms with Gasteiger partial charge in [-0.25, -0.2) is 13.9 Å². The summed E-state index contributed by atoms with van der Waals surface area (Å²) in [7, 11) is 3.06. The molecule has 2 aromatic heterocycles. The van der Waals surface area contributed by atoms with Crippen molar-refractivity contribution in [1.82, 2.24) is 19.2 Å². The Labute approximate surface area is 173 Å². The monoisotopic (exact) mass is 412 g/mol. The lowest BCUT2D eigenvalue weighted by Crippen LogP contribution is -2.30. The van der Waals surface area contributed by atoms with Crippen LogP contribution in [0.25, 0.3) is 5.78 Å². The minimum Gasteiger partial charge on any atom is -0.493 e. The molecule has 0 aliphatic carbocycles. The van der Waals surface area contributed by atoms with E-state index in [1.807, 2.05) is 6.07 Å². The smallest absolute Gasteiger partial charge is 0.352 e. The number of aromatic nitrogens is 4. The summed E-state index contributed by atoms with van der Waals surface area (Å²) in [5.41, 5.74) is 0.116. The molecule has 3 aromatic rings. The number of amides is 1. The molecule has 158 valence electrons. The highest BCUT2D eigenvalue weighted by atomic mass is 16.5. The number of anilines is 2. The molecule has 1 N–H and O–H groups in total. The van der Waals surface area contributed by atoms with E-state index < -0.39 is 5.69 Å². The molecule has 1 amide bonds. The molecule has 0 bridgehead atoms. The molecule has 0 saturated carbocycles. The number of piperidine rings is 1. The fourth-order valence-corrected chi connectivity index (χ4v) is 3.55. The molecule has 1 aliphatic rings. The Morgan fingerprint density at radius 3 is 2.60 bits per heavy atom. The second-order valence-corrected chi connectivity index (χ2v) is 7.06. The highest BCUT2D eigenvalue weighted by Gasteiger charge is 2.16. The van der Waals surface area contributed by atoms with Crippen LogP contribution in [0.15, 0.2) is 35.3 Å². The Hall–Kier alpha value is -3.56. The molecule has 1 aliphatic heterocycles. The predicted molar refractivity (Wildman–Crippen MR) is 111 cm³/mol. The van der Waals surface area contributed by atoms with Crippen LogP contribution in [-0.2, 0) is 11.3 Å². The molecule has 1 aromatic carbocycles. The fraction of sp³-hybridized carbons (Fsp3) is 0.400. The molecule has 0 atom stereocenters. The molecule has 10 heteroatoms. The lowest BCUT2D eigenvalue weighted by molar-refractivity contribution is -0.117. The molecule has 10 nitrogen and oxygen atoms in total. The molecule has 1 saturated heterocycles. The van der Waals surface area contributed by atoms with Gasteiger partial charge >= 0.3 is 5.69 Å². The van der Waals surface area contributed by atoms with Gasteiger partial charge in [-0.05, 0) is 37.5 Å². The first-order valence-electron chi connectivity index (χ1n) is 9.82. The van der Waals surface area contributed by atoms with Gasteiger partial charge in [0.25, 0.3) is 5.78 Å². The Morgan fingerprint density at radius 1 is 1.10 bits per heavy atom. The number of fused-ring (bicyclic) bond motifs is 1. The first-order chi connectivity index (χ1) is 14.6. The van der Waals surface area contributed by atoms with E-state index in [9.17, 15) is 9.59 Å². The van der Waals surface area contributed by atoms with Crippen molar-refractivity contribution in [3.8, 4) is 11.5 Å². The van der Waals surface area contributed by atoms with Crippen molar-refractivity contribution in [3.05, 3.63) is 40.9 Å². The minimum atomic E-state index is -0.412. The zero-order chi connectivity index (χ0) is 21.1. The molecule has 30 heavy (non-hydrogen) atoms. The van der Waals surface area contributed by atoms with E-state index in [0.717, 1.165) is 36.4 Å². The van der Waals surface area contributed by atoms with Crippen molar-refractivity contribution in [2.24, 2.45) is 0 Å². The van der Waals surface area contributed by atoms with E-state index in [1.165, 1.54) is 25.0 Å². The summed E-state index contributed by atoms with van der Waals surface area (Å²) in [6.45, 7) is 1.67. The normalized spacial score (nSPS) is 14.0. The molecule has 0 unspecified atom stereocenters. The third-order valence-corrected chi connectivity index (χ3v) is 5.08. The van der Waals surface area contributed by atoms with E-state index in [4.69, 9.17) is 9.47 Å². The van der Waals surface area contributed by atoms with Crippen LogP contribution in [0.4, 0.5) is 11.5 Å². The topological polar surface area (TPSA) is 103 Å². The first-order valence-corrected chi connectivity index (χ1v) is 9.82. The Bertz CT molecular complexity index is 1120. The van der Waals surface area contributed by atoms with Crippen LogP contribution in [-0.4, -0.2) is 52.4 Å². The van der Waals surface area contributed by atoms with Gasteiger partial charge < -0.3 is 19.7 Å². The van der Waals surface area contributed by atoms with E-state index in [2.05, 4.69) is 20.3 Å². The summed E-state index contributed by atoms with van der Waals surface area (Å²) in [5.74, 6) is 1.75. The zero-order valence-electron chi connectivity index (χ0n) is 17.0. The Balaban J connectivity index is 1.51. The van der Waals surface area contributed by atoms with Gasteiger partial charge in [0.2, 0.25) is 5.91 Å². The van der Waals surface area contributed by atoms with Crippen LogP contribution >= 0.6 is 0 Å². The summed E-state index contributed by atoms with van der Waals surface area (Å²) in [6.07, 6.45) is 5.14. The van der Waals surface area contributed by atoms with Crippen molar-refractivity contribution in [2.75, 3.05) is 37.5 Å². The molecule has 4 rings (SSSR count). The van der Waals surface area contributed by atoms with Crippen molar-refractivity contribution < 1.29 is 14.3 Å². The van der Waals surface area contributed by atoms with Crippen LogP contribution in [0.1, 0.15) is 19.3 Å². The Kier molecular flexibility index (Phi) is 5.55. The SMILES string of the molecule is COc1ccc(NC(=O)Cn2nc3nc(N4CCCCC4)ccn3c2=O)cc1OC. The average Bonchev–Trinajstić information content (AvgIpc) is 3.08. The molecule has 1 fully saturated rings. The lowest BCUT2D eigenvalue weighted by atomic mass is 10.1. The number of hydrogen-bond acceptors (Lipinski definition) is 7. The maximum Gasteiger partial charge on any atom is 0.352 e. The second-order valence-electron chi connectivity index (χ2n) is 7.06.